The molecule has 3 heterocycles. The molecule has 1 unspecified atom stereocenters. The predicted octanol–water partition coefficient (Wildman–Crippen LogP) is 1.16. The first kappa shape index (κ1) is 14.1. The van der Waals surface area contributed by atoms with Gasteiger partial charge in [0.05, 0.1) is 5.56 Å². The molecule has 3 N–H and O–H groups in total. The number of nitrogens with zero attached hydrogens (tertiary/aromatic N) is 4. The summed E-state index contributed by atoms with van der Waals surface area (Å²) in [5.74, 6) is 0.979. The Morgan fingerprint density at radius 2 is 2.14 bits per heavy atom. The predicted molar refractivity (Wildman–Crippen MR) is 82.9 cm³/mol. The molecule has 0 aromatic carbocycles. The standard InChI is InChI=1S/C15H23N5O/c1-11-4-6-17-15(13(11)14(16)18-21)20-9-5-12(10-20)19-7-2-3-8-19/h4,6,12,21H,2-3,5,7-10H2,1H3,(H2,16,18). The number of likely N-dealkylation sites (tertiary alicyclic amines) is 1. The maximum atomic E-state index is 9.01. The Bertz CT molecular complexity index is 539. The molecule has 1 atom stereocenters. The molecule has 0 aliphatic carbocycles. The number of oxime groups is 1. The van der Waals surface area contributed by atoms with Crippen molar-refractivity contribution in [1.82, 2.24) is 9.88 Å². The van der Waals surface area contributed by atoms with Crippen molar-refractivity contribution in [2.45, 2.75) is 32.2 Å². The molecule has 2 saturated heterocycles. The molecular weight excluding hydrogens is 266 g/mol. The highest BCUT2D eigenvalue weighted by molar-refractivity contribution is 6.02. The van der Waals surface area contributed by atoms with Crippen LogP contribution in [0.1, 0.15) is 30.4 Å². The van der Waals surface area contributed by atoms with Gasteiger partial charge in [-0.25, -0.2) is 4.98 Å². The van der Waals surface area contributed by atoms with E-state index in [-0.39, 0.29) is 5.84 Å². The average molecular weight is 289 g/mol. The van der Waals surface area contributed by atoms with Crippen LogP contribution in [0.2, 0.25) is 0 Å². The summed E-state index contributed by atoms with van der Waals surface area (Å²) in [4.78, 5) is 9.34. The Balaban J connectivity index is 1.83. The number of aryl methyl sites for hydroxylation is 1. The van der Waals surface area contributed by atoms with E-state index in [4.69, 9.17) is 10.9 Å². The Hall–Kier alpha value is -1.82. The van der Waals surface area contributed by atoms with E-state index >= 15 is 0 Å². The van der Waals surface area contributed by atoms with E-state index in [1.54, 1.807) is 6.20 Å². The molecule has 2 fully saturated rings. The number of amidine groups is 1. The van der Waals surface area contributed by atoms with Crippen molar-refractivity contribution in [3.8, 4) is 0 Å². The minimum atomic E-state index is 0.139. The zero-order valence-electron chi connectivity index (χ0n) is 12.5. The number of pyridine rings is 1. The van der Waals surface area contributed by atoms with Crippen LogP contribution in [-0.2, 0) is 0 Å². The van der Waals surface area contributed by atoms with E-state index in [1.165, 1.54) is 25.9 Å². The highest BCUT2D eigenvalue weighted by Crippen LogP contribution is 2.27. The molecule has 114 valence electrons. The first-order valence-corrected chi connectivity index (χ1v) is 7.63. The summed E-state index contributed by atoms with van der Waals surface area (Å²) < 4.78 is 0. The Morgan fingerprint density at radius 1 is 1.38 bits per heavy atom. The molecule has 1 aromatic heterocycles. The molecule has 2 aliphatic heterocycles. The van der Waals surface area contributed by atoms with Crippen LogP contribution >= 0.6 is 0 Å². The lowest BCUT2D eigenvalue weighted by Crippen LogP contribution is -2.36. The highest BCUT2D eigenvalue weighted by Gasteiger charge is 2.31. The van der Waals surface area contributed by atoms with Crippen LogP contribution < -0.4 is 10.6 Å². The van der Waals surface area contributed by atoms with Crippen LogP contribution in [0, 0.1) is 6.92 Å². The second kappa shape index (κ2) is 5.89. The summed E-state index contributed by atoms with van der Waals surface area (Å²) in [5.41, 5.74) is 7.58. The third-order valence-electron chi connectivity index (χ3n) is 4.62. The van der Waals surface area contributed by atoms with Gasteiger partial charge < -0.3 is 15.8 Å². The topological polar surface area (TPSA) is 78.0 Å². The monoisotopic (exact) mass is 289 g/mol. The second-order valence-electron chi connectivity index (χ2n) is 5.94. The summed E-state index contributed by atoms with van der Waals surface area (Å²) in [7, 11) is 0. The lowest BCUT2D eigenvalue weighted by molar-refractivity contribution is 0.260. The van der Waals surface area contributed by atoms with Gasteiger partial charge in [-0.3, -0.25) is 4.90 Å². The van der Waals surface area contributed by atoms with Crippen molar-refractivity contribution in [2.24, 2.45) is 10.9 Å². The number of anilines is 1. The van der Waals surface area contributed by atoms with Crippen LogP contribution in [0.3, 0.4) is 0 Å². The Labute approximate surface area is 125 Å². The van der Waals surface area contributed by atoms with Gasteiger partial charge >= 0.3 is 0 Å². The van der Waals surface area contributed by atoms with E-state index in [0.717, 1.165) is 36.5 Å². The zero-order chi connectivity index (χ0) is 14.8. The van der Waals surface area contributed by atoms with Crippen molar-refractivity contribution >= 4 is 11.7 Å². The fraction of sp³-hybridized carbons (Fsp3) is 0.600. The summed E-state index contributed by atoms with van der Waals surface area (Å²) in [6.45, 7) is 6.35. The molecule has 0 amide bonds. The summed E-state index contributed by atoms with van der Waals surface area (Å²) in [5, 5.41) is 12.2. The van der Waals surface area contributed by atoms with E-state index < -0.39 is 0 Å². The van der Waals surface area contributed by atoms with Gasteiger partial charge in [-0.05, 0) is 50.9 Å². The van der Waals surface area contributed by atoms with Crippen molar-refractivity contribution in [1.29, 1.82) is 0 Å². The molecule has 6 nitrogen and oxygen atoms in total. The zero-order valence-corrected chi connectivity index (χ0v) is 12.5. The number of nitrogens with two attached hydrogens (primary N) is 1. The van der Waals surface area contributed by atoms with Crippen LogP contribution in [-0.4, -0.2) is 53.1 Å². The summed E-state index contributed by atoms with van der Waals surface area (Å²) in [6.07, 6.45) is 5.58. The van der Waals surface area contributed by atoms with Gasteiger partial charge in [0, 0.05) is 25.3 Å². The van der Waals surface area contributed by atoms with Gasteiger partial charge in [0.1, 0.15) is 5.82 Å². The number of rotatable bonds is 3. The molecule has 0 radical (unpaired) electrons. The third-order valence-corrected chi connectivity index (χ3v) is 4.62. The third kappa shape index (κ3) is 2.68. The van der Waals surface area contributed by atoms with Crippen molar-refractivity contribution in [3.05, 3.63) is 23.4 Å². The van der Waals surface area contributed by atoms with Crippen LogP contribution in [0.4, 0.5) is 5.82 Å². The van der Waals surface area contributed by atoms with E-state index in [1.807, 2.05) is 13.0 Å². The quantitative estimate of drug-likeness (QED) is 0.378. The van der Waals surface area contributed by atoms with Crippen LogP contribution in [0.15, 0.2) is 17.4 Å². The number of hydrogen-bond acceptors (Lipinski definition) is 5. The summed E-state index contributed by atoms with van der Waals surface area (Å²) >= 11 is 0. The van der Waals surface area contributed by atoms with Gasteiger partial charge in [0.2, 0.25) is 0 Å². The normalized spacial score (nSPS) is 24.0. The Kier molecular flexibility index (Phi) is 3.96. The van der Waals surface area contributed by atoms with Crippen LogP contribution in [0.25, 0.3) is 0 Å². The first-order valence-electron chi connectivity index (χ1n) is 7.63. The smallest absolute Gasteiger partial charge is 0.174 e. The maximum Gasteiger partial charge on any atom is 0.174 e. The lowest BCUT2D eigenvalue weighted by Gasteiger charge is -2.25. The molecule has 0 spiro atoms. The SMILES string of the molecule is Cc1ccnc(N2CCC(N3CCCC3)C2)c1/C(N)=N/O. The van der Waals surface area contributed by atoms with Gasteiger partial charge in [-0.15, -0.1) is 0 Å². The average Bonchev–Trinajstić information content (AvgIpc) is 3.16. The van der Waals surface area contributed by atoms with Crippen LogP contribution in [0.5, 0.6) is 0 Å². The highest BCUT2D eigenvalue weighted by atomic mass is 16.4. The van der Waals surface area contributed by atoms with E-state index in [0.29, 0.717) is 6.04 Å². The molecule has 0 bridgehead atoms. The molecule has 21 heavy (non-hydrogen) atoms. The number of hydrogen-bond donors (Lipinski definition) is 2. The Morgan fingerprint density at radius 3 is 2.86 bits per heavy atom. The molecule has 0 saturated carbocycles. The first-order chi connectivity index (χ1) is 10.2. The lowest BCUT2D eigenvalue weighted by atomic mass is 10.1. The van der Waals surface area contributed by atoms with Crippen molar-refractivity contribution < 1.29 is 5.21 Å². The maximum absolute atomic E-state index is 9.01. The fourth-order valence-electron chi connectivity index (χ4n) is 3.49. The second-order valence-corrected chi connectivity index (χ2v) is 5.94. The molecule has 1 aromatic rings. The minimum Gasteiger partial charge on any atom is -0.409 e. The van der Waals surface area contributed by atoms with E-state index in [9.17, 15) is 0 Å². The molecule has 6 heteroatoms. The van der Waals surface area contributed by atoms with Gasteiger partial charge in [-0.1, -0.05) is 5.16 Å². The molecule has 3 rings (SSSR count). The van der Waals surface area contributed by atoms with Crippen molar-refractivity contribution in [3.63, 3.8) is 0 Å². The largest absolute Gasteiger partial charge is 0.409 e. The van der Waals surface area contributed by atoms with Gasteiger partial charge in [-0.2, -0.15) is 0 Å². The summed E-state index contributed by atoms with van der Waals surface area (Å²) in [6, 6.07) is 2.50. The molecular formula is C15H23N5O. The molecule has 2 aliphatic rings. The minimum absolute atomic E-state index is 0.139. The fourth-order valence-corrected chi connectivity index (χ4v) is 3.49. The van der Waals surface area contributed by atoms with Gasteiger partial charge in [0.15, 0.2) is 5.84 Å². The van der Waals surface area contributed by atoms with Crippen molar-refractivity contribution in [2.75, 3.05) is 31.1 Å². The van der Waals surface area contributed by atoms with Gasteiger partial charge in [0.25, 0.3) is 0 Å². The number of aromatic nitrogens is 1. The van der Waals surface area contributed by atoms with E-state index in [2.05, 4.69) is 19.9 Å².